The van der Waals surface area contributed by atoms with E-state index in [1.165, 1.54) is 128 Å². The van der Waals surface area contributed by atoms with Crippen LogP contribution in [0.25, 0.3) is 33.4 Å². The van der Waals surface area contributed by atoms with E-state index in [1.807, 2.05) is 6.20 Å². The molecular weight excluding hydrogens is 847 g/mol. The molecule has 4 aliphatic rings. The van der Waals surface area contributed by atoms with Gasteiger partial charge in [0, 0.05) is 25.6 Å². The molecule has 3 nitrogen and oxygen atoms in total. The number of hydrogen-bond acceptors (Lipinski definition) is 3. The lowest BCUT2D eigenvalue weighted by Gasteiger charge is -2.43. The molecule has 9 aromatic rings. The molecule has 3 heteroatoms. The van der Waals surface area contributed by atoms with Crippen LogP contribution in [0.2, 0.25) is 0 Å². The Morgan fingerprint density at radius 2 is 0.729 bits per heavy atom. The van der Waals surface area contributed by atoms with E-state index in [9.17, 15) is 0 Å². The molecule has 70 heavy (non-hydrogen) atoms. The van der Waals surface area contributed by atoms with E-state index in [0.29, 0.717) is 0 Å². The third-order valence-corrected chi connectivity index (χ3v) is 16.8. The Balaban J connectivity index is 1.16. The maximum atomic E-state index is 5.37. The van der Waals surface area contributed by atoms with Crippen molar-refractivity contribution in [3.05, 3.63) is 289 Å². The highest BCUT2D eigenvalue weighted by Gasteiger charge is 2.54. The van der Waals surface area contributed by atoms with E-state index in [0.717, 1.165) is 12.4 Å². The highest BCUT2D eigenvalue weighted by atomic mass is 15.4. The number of nitrogens with zero attached hydrogens (tertiary/aromatic N) is 3. The molecule has 0 N–H and O–H groups in total. The van der Waals surface area contributed by atoms with Crippen LogP contribution in [0.1, 0.15) is 100 Å². The average molecular weight is 904 g/mol. The Kier molecular flexibility index (Phi) is 9.15. The number of benzene rings is 8. The number of pyridine rings is 1. The minimum atomic E-state index is -0.693. The predicted molar refractivity (Wildman–Crippen MR) is 287 cm³/mol. The normalized spacial score (nSPS) is 15.9. The van der Waals surface area contributed by atoms with E-state index in [4.69, 9.17) is 4.98 Å². The standard InChI is InChI=1S/C67H57N3/c1-41-33-34-68-58(37-41)66(54-29-11-19-44(4)61(54)62-45(5)20-12-30-55(62)66)50-25-15-23-48(38-50)65(52-27-9-17-42(2)59(52)60-43(3)18-10-28-53(60)65)49-24-16-26-51(39-49)67(70-36-35-69(8)40-70)56-31-13-21-46(6)63(56)64-47(7)22-14-32-57(64)67/h9-39H,40H2,1-8H3. The summed E-state index contributed by atoms with van der Waals surface area (Å²) in [6.07, 6.45) is 6.56. The van der Waals surface area contributed by atoms with E-state index in [-0.39, 0.29) is 0 Å². The number of fused-ring (bicyclic) bond motifs is 9. The third kappa shape index (κ3) is 5.33. The second-order valence-corrected chi connectivity index (χ2v) is 20.7. The number of rotatable bonds is 6. The number of hydrogen-bond donors (Lipinski definition) is 0. The molecule has 1 aromatic heterocycles. The first-order valence-electron chi connectivity index (χ1n) is 24.9. The van der Waals surface area contributed by atoms with E-state index in [2.05, 4.69) is 248 Å². The molecule has 340 valence electrons. The van der Waals surface area contributed by atoms with Crippen molar-refractivity contribution in [3.8, 4) is 33.4 Å². The van der Waals surface area contributed by atoms with Gasteiger partial charge in [-0.3, -0.25) is 4.98 Å². The third-order valence-electron chi connectivity index (χ3n) is 16.8. The van der Waals surface area contributed by atoms with Crippen LogP contribution in [0.4, 0.5) is 0 Å². The van der Waals surface area contributed by atoms with Crippen LogP contribution in [-0.4, -0.2) is 28.5 Å². The molecular formula is C67H57N3. The van der Waals surface area contributed by atoms with Gasteiger partial charge in [0.25, 0.3) is 0 Å². The van der Waals surface area contributed by atoms with Crippen molar-refractivity contribution >= 4 is 0 Å². The second-order valence-electron chi connectivity index (χ2n) is 20.7. The monoisotopic (exact) mass is 903 g/mol. The molecule has 1 aliphatic heterocycles. The largest absolute Gasteiger partial charge is 0.362 e. The van der Waals surface area contributed by atoms with Gasteiger partial charge < -0.3 is 9.80 Å². The van der Waals surface area contributed by atoms with Crippen molar-refractivity contribution in [2.24, 2.45) is 0 Å². The molecule has 3 aliphatic carbocycles. The van der Waals surface area contributed by atoms with Crippen LogP contribution >= 0.6 is 0 Å². The Hall–Kier alpha value is -7.75. The fourth-order valence-corrected chi connectivity index (χ4v) is 14.0. The van der Waals surface area contributed by atoms with Crippen molar-refractivity contribution in [2.45, 2.75) is 64.8 Å². The first-order valence-corrected chi connectivity index (χ1v) is 24.9. The van der Waals surface area contributed by atoms with Crippen molar-refractivity contribution in [3.63, 3.8) is 0 Å². The lowest BCUT2D eigenvalue weighted by Crippen LogP contribution is -2.45. The first-order chi connectivity index (χ1) is 34.0. The van der Waals surface area contributed by atoms with Gasteiger partial charge in [0.05, 0.1) is 23.2 Å². The predicted octanol–water partition coefficient (Wildman–Crippen LogP) is 14.9. The van der Waals surface area contributed by atoms with Crippen molar-refractivity contribution in [1.82, 2.24) is 14.8 Å². The van der Waals surface area contributed by atoms with Gasteiger partial charge in [-0.05, 0) is 189 Å². The van der Waals surface area contributed by atoms with Gasteiger partial charge >= 0.3 is 0 Å². The number of aromatic nitrogens is 1. The summed E-state index contributed by atoms with van der Waals surface area (Å²) in [5.74, 6) is 0. The molecule has 0 saturated heterocycles. The number of aryl methyl sites for hydroxylation is 7. The fraction of sp³-hybridized carbons (Fsp3) is 0.179. The molecule has 13 rings (SSSR count). The lowest BCUT2D eigenvalue weighted by atomic mass is 9.64. The minimum Gasteiger partial charge on any atom is -0.362 e. The van der Waals surface area contributed by atoms with Gasteiger partial charge in [-0.25, -0.2) is 0 Å². The van der Waals surface area contributed by atoms with E-state index in [1.54, 1.807) is 0 Å². The molecule has 0 saturated carbocycles. The summed E-state index contributed by atoms with van der Waals surface area (Å²) in [5, 5.41) is 0. The molecule has 0 fully saturated rings. The molecule has 0 spiro atoms. The summed E-state index contributed by atoms with van der Waals surface area (Å²) >= 11 is 0. The minimum absolute atomic E-state index is 0.597. The van der Waals surface area contributed by atoms with Crippen molar-refractivity contribution in [2.75, 3.05) is 13.7 Å². The van der Waals surface area contributed by atoms with Gasteiger partial charge in [-0.2, -0.15) is 0 Å². The Morgan fingerprint density at radius 3 is 1.14 bits per heavy atom. The van der Waals surface area contributed by atoms with Gasteiger partial charge in [-0.15, -0.1) is 0 Å². The molecule has 0 unspecified atom stereocenters. The van der Waals surface area contributed by atoms with Crippen LogP contribution < -0.4 is 0 Å². The van der Waals surface area contributed by atoms with Crippen LogP contribution in [0, 0.1) is 48.5 Å². The summed E-state index contributed by atoms with van der Waals surface area (Å²) in [5.41, 5.74) is 28.9. The zero-order valence-corrected chi connectivity index (χ0v) is 41.4. The summed E-state index contributed by atoms with van der Waals surface area (Å²) in [7, 11) is 2.19. The molecule has 8 aromatic carbocycles. The summed E-state index contributed by atoms with van der Waals surface area (Å²) in [4.78, 5) is 10.3. The SMILES string of the molecule is Cc1ccnc(C2(c3cccc(C4(c5cccc(C6(N7C=CN(C)C7)c7cccc(C)c7-c7c(C)cccc76)c5)c5cccc(C)c5-c5c(C)cccc54)c3)c3cccc(C)c3-c3c(C)cccc32)c1. The second kappa shape index (κ2) is 15.1. The van der Waals surface area contributed by atoms with Gasteiger partial charge in [0.1, 0.15) is 5.54 Å². The quantitative estimate of drug-likeness (QED) is 0.166. The molecule has 0 radical (unpaired) electrons. The molecule has 2 heterocycles. The van der Waals surface area contributed by atoms with Gasteiger partial charge in [0.15, 0.2) is 0 Å². The molecule has 0 amide bonds. The van der Waals surface area contributed by atoms with E-state index < -0.39 is 16.4 Å². The highest BCUT2D eigenvalue weighted by molar-refractivity contribution is 5.93. The topological polar surface area (TPSA) is 19.4 Å². The lowest BCUT2D eigenvalue weighted by molar-refractivity contribution is 0.198. The maximum absolute atomic E-state index is 5.37. The summed E-state index contributed by atoms with van der Waals surface area (Å²) < 4.78 is 0. The Labute approximate surface area is 413 Å². The van der Waals surface area contributed by atoms with Crippen molar-refractivity contribution < 1.29 is 0 Å². The van der Waals surface area contributed by atoms with E-state index >= 15 is 0 Å². The van der Waals surface area contributed by atoms with Gasteiger partial charge in [-0.1, -0.05) is 158 Å². The average Bonchev–Trinajstić information content (AvgIpc) is 4.11. The summed E-state index contributed by atoms with van der Waals surface area (Å²) in [6, 6.07) is 65.6. The zero-order chi connectivity index (χ0) is 47.8. The van der Waals surface area contributed by atoms with Crippen LogP contribution in [0.5, 0.6) is 0 Å². The highest BCUT2D eigenvalue weighted by Crippen LogP contribution is 2.63. The van der Waals surface area contributed by atoms with Crippen molar-refractivity contribution in [1.29, 1.82) is 0 Å². The summed E-state index contributed by atoms with van der Waals surface area (Å²) in [6.45, 7) is 16.7. The molecule has 0 atom stereocenters. The first kappa shape index (κ1) is 42.4. The maximum Gasteiger partial charge on any atom is 0.118 e. The Bertz CT molecular complexity index is 3560. The molecule has 0 bridgehead atoms. The zero-order valence-electron chi connectivity index (χ0n) is 41.4. The van der Waals surface area contributed by atoms with Crippen LogP contribution in [-0.2, 0) is 16.4 Å². The van der Waals surface area contributed by atoms with Crippen LogP contribution in [0.3, 0.4) is 0 Å². The van der Waals surface area contributed by atoms with Gasteiger partial charge in [0.2, 0.25) is 0 Å². The smallest absolute Gasteiger partial charge is 0.118 e. The Morgan fingerprint density at radius 1 is 0.371 bits per heavy atom. The fourth-order valence-electron chi connectivity index (χ4n) is 14.0. The van der Waals surface area contributed by atoms with Crippen LogP contribution in [0.15, 0.2) is 188 Å².